The first kappa shape index (κ1) is 43.4. The number of para-hydroxylation sites is 4. The fourth-order valence-electron chi connectivity index (χ4n) is 12.1. The molecular weight excluding hydrogens is 921 g/mol. The highest BCUT2D eigenvalue weighted by molar-refractivity contribution is 6.22. The molecule has 3 aromatic heterocycles. The van der Waals surface area contributed by atoms with Gasteiger partial charge in [-0.15, -0.1) is 0 Å². The van der Waals surface area contributed by atoms with Gasteiger partial charge in [0.1, 0.15) is 0 Å². The lowest BCUT2D eigenvalue weighted by Gasteiger charge is -2.26. The molecule has 0 saturated heterocycles. The fourth-order valence-corrected chi connectivity index (χ4v) is 12.1. The molecule has 0 aliphatic heterocycles. The zero-order valence-corrected chi connectivity index (χ0v) is 41.5. The van der Waals surface area contributed by atoms with Gasteiger partial charge in [0.25, 0.3) is 0 Å². The Morgan fingerprint density at radius 3 is 1.07 bits per heavy atom. The standard InChI is InChI=1S/C72H48N4/c1-4-18-49(19-5-1)51-34-38-54(39-35-51)73(55-40-36-52(37-41-55)50-20-6-2-7-21-50)56-42-44-57(45-43-56)75-66-30-14-11-25-62(66)71-60(27-16-32-69(71)75)61-28-17-33-70-72(61)63-26-12-15-31-67(63)76(70)58-46-47-68-64(48-58)59-24-10-13-29-65(59)74(68)53-22-8-3-9-23-53/h1-48H. The maximum absolute atomic E-state index is 2.46. The summed E-state index contributed by atoms with van der Waals surface area (Å²) in [5, 5.41) is 7.39. The van der Waals surface area contributed by atoms with Crippen LogP contribution in [0.15, 0.2) is 291 Å². The summed E-state index contributed by atoms with van der Waals surface area (Å²) in [6, 6.07) is 106. The van der Waals surface area contributed by atoms with Crippen LogP contribution in [0.3, 0.4) is 0 Å². The predicted octanol–water partition coefficient (Wildman–Crippen LogP) is 19.4. The molecule has 15 rings (SSSR count). The van der Waals surface area contributed by atoms with Crippen LogP contribution in [0.1, 0.15) is 0 Å². The van der Waals surface area contributed by atoms with Crippen molar-refractivity contribution in [2.45, 2.75) is 0 Å². The van der Waals surface area contributed by atoms with Gasteiger partial charge in [-0.05, 0) is 143 Å². The van der Waals surface area contributed by atoms with E-state index < -0.39 is 0 Å². The normalized spacial score (nSPS) is 11.7. The van der Waals surface area contributed by atoms with Gasteiger partial charge in [0.05, 0.1) is 33.1 Å². The average Bonchev–Trinajstić information content (AvgIpc) is 4.25. The number of fused-ring (bicyclic) bond motifs is 9. The maximum Gasteiger partial charge on any atom is 0.0547 e. The summed E-state index contributed by atoms with van der Waals surface area (Å²) in [5.41, 5.74) is 20.9. The van der Waals surface area contributed by atoms with Crippen LogP contribution < -0.4 is 4.90 Å². The van der Waals surface area contributed by atoms with Gasteiger partial charge in [-0.3, -0.25) is 0 Å². The van der Waals surface area contributed by atoms with Crippen LogP contribution in [0.5, 0.6) is 0 Å². The molecule has 4 nitrogen and oxygen atoms in total. The number of nitrogens with zero attached hydrogens (tertiary/aromatic N) is 4. The van der Waals surface area contributed by atoms with Crippen LogP contribution in [-0.4, -0.2) is 13.7 Å². The average molecular weight is 969 g/mol. The molecule has 0 radical (unpaired) electrons. The van der Waals surface area contributed by atoms with Crippen LogP contribution in [0, 0.1) is 0 Å². The molecule has 0 spiro atoms. The van der Waals surface area contributed by atoms with Gasteiger partial charge < -0.3 is 18.6 Å². The Morgan fingerprint density at radius 2 is 0.553 bits per heavy atom. The SMILES string of the molecule is c1ccc(-c2ccc(N(c3ccc(-c4ccccc4)cc3)c3ccc(-n4c5ccccc5c5c(-c6cccc7c6c6ccccc6n7-c6ccc7c(c6)c6ccccc6n7-c6ccccc6)cccc54)cc3)cc2)cc1. The summed E-state index contributed by atoms with van der Waals surface area (Å²) in [6.45, 7) is 0. The van der Waals surface area contributed by atoms with Crippen molar-refractivity contribution in [1.82, 2.24) is 13.7 Å². The second kappa shape index (κ2) is 17.8. The number of hydrogen-bond acceptors (Lipinski definition) is 1. The summed E-state index contributed by atoms with van der Waals surface area (Å²) >= 11 is 0. The van der Waals surface area contributed by atoms with Gasteiger partial charge >= 0.3 is 0 Å². The molecule has 0 N–H and O–H groups in total. The largest absolute Gasteiger partial charge is 0.311 e. The molecule has 0 saturated carbocycles. The van der Waals surface area contributed by atoms with Gasteiger partial charge in [0.2, 0.25) is 0 Å². The van der Waals surface area contributed by atoms with Crippen molar-refractivity contribution in [3.63, 3.8) is 0 Å². The van der Waals surface area contributed by atoms with Gasteiger partial charge in [-0.1, -0.05) is 182 Å². The van der Waals surface area contributed by atoms with E-state index in [1.807, 2.05) is 0 Å². The smallest absolute Gasteiger partial charge is 0.0547 e. The molecular formula is C72H48N4. The Labute approximate surface area is 440 Å². The van der Waals surface area contributed by atoms with E-state index in [1.165, 1.54) is 93.3 Å². The highest BCUT2D eigenvalue weighted by Crippen LogP contribution is 2.45. The zero-order valence-electron chi connectivity index (χ0n) is 41.5. The van der Waals surface area contributed by atoms with Crippen molar-refractivity contribution >= 4 is 82.5 Å². The van der Waals surface area contributed by atoms with Crippen molar-refractivity contribution in [1.29, 1.82) is 0 Å². The molecule has 3 heterocycles. The first-order valence-corrected chi connectivity index (χ1v) is 26.1. The van der Waals surface area contributed by atoms with Gasteiger partial charge in [-0.25, -0.2) is 0 Å². The van der Waals surface area contributed by atoms with E-state index in [0.29, 0.717) is 0 Å². The van der Waals surface area contributed by atoms with E-state index in [4.69, 9.17) is 0 Å². The molecule has 0 fully saturated rings. The van der Waals surface area contributed by atoms with Crippen LogP contribution >= 0.6 is 0 Å². The molecule has 0 aliphatic carbocycles. The second-order valence-electron chi connectivity index (χ2n) is 19.7. The van der Waals surface area contributed by atoms with Crippen molar-refractivity contribution in [3.8, 4) is 50.4 Å². The number of rotatable bonds is 9. The molecule has 0 unspecified atom stereocenters. The number of hydrogen-bond donors (Lipinski definition) is 0. The van der Waals surface area contributed by atoms with Crippen molar-refractivity contribution < 1.29 is 0 Å². The molecule has 0 bridgehead atoms. The molecule has 76 heavy (non-hydrogen) atoms. The fraction of sp³-hybridized carbons (Fsp3) is 0. The number of aromatic nitrogens is 3. The van der Waals surface area contributed by atoms with E-state index in [9.17, 15) is 0 Å². The quantitative estimate of drug-likeness (QED) is 0.141. The monoisotopic (exact) mass is 968 g/mol. The molecule has 15 aromatic rings. The molecule has 0 atom stereocenters. The highest BCUT2D eigenvalue weighted by Gasteiger charge is 2.22. The van der Waals surface area contributed by atoms with Crippen LogP contribution in [0.25, 0.3) is 116 Å². The van der Waals surface area contributed by atoms with Crippen LogP contribution in [0.2, 0.25) is 0 Å². The Morgan fingerprint density at radius 1 is 0.211 bits per heavy atom. The molecule has 0 amide bonds. The molecule has 4 heteroatoms. The highest BCUT2D eigenvalue weighted by atomic mass is 15.1. The van der Waals surface area contributed by atoms with E-state index in [1.54, 1.807) is 0 Å². The third kappa shape index (κ3) is 7.00. The predicted molar refractivity (Wildman–Crippen MR) is 320 cm³/mol. The summed E-state index contributed by atoms with van der Waals surface area (Å²) < 4.78 is 7.29. The lowest BCUT2D eigenvalue weighted by atomic mass is 9.95. The summed E-state index contributed by atoms with van der Waals surface area (Å²) in [7, 11) is 0. The Bertz CT molecular complexity index is 4560. The zero-order chi connectivity index (χ0) is 50.1. The second-order valence-corrected chi connectivity index (χ2v) is 19.7. The third-order valence-corrected chi connectivity index (χ3v) is 15.4. The number of benzene rings is 12. The van der Waals surface area contributed by atoms with Gasteiger partial charge in [0.15, 0.2) is 0 Å². The van der Waals surface area contributed by atoms with E-state index in [2.05, 4.69) is 310 Å². The van der Waals surface area contributed by atoms with Crippen LogP contribution in [-0.2, 0) is 0 Å². The first-order valence-electron chi connectivity index (χ1n) is 26.1. The minimum atomic E-state index is 1.08. The number of anilines is 3. The Balaban J connectivity index is 0.862. The lowest BCUT2D eigenvalue weighted by Crippen LogP contribution is -2.10. The van der Waals surface area contributed by atoms with Gasteiger partial charge in [-0.2, -0.15) is 0 Å². The summed E-state index contributed by atoms with van der Waals surface area (Å²) in [4.78, 5) is 2.36. The van der Waals surface area contributed by atoms with Crippen LogP contribution in [0.4, 0.5) is 17.1 Å². The van der Waals surface area contributed by atoms with E-state index in [-0.39, 0.29) is 0 Å². The Hall–Kier alpha value is -10.2. The first-order chi connectivity index (χ1) is 37.7. The summed E-state index contributed by atoms with van der Waals surface area (Å²) in [5.74, 6) is 0. The molecule has 12 aromatic carbocycles. The Kier molecular flexibility index (Phi) is 10.2. The van der Waals surface area contributed by atoms with E-state index >= 15 is 0 Å². The molecule has 356 valence electrons. The van der Waals surface area contributed by atoms with E-state index in [0.717, 1.165) is 39.6 Å². The minimum absolute atomic E-state index is 1.08. The lowest BCUT2D eigenvalue weighted by molar-refractivity contribution is 1.17. The third-order valence-electron chi connectivity index (χ3n) is 15.4. The minimum Gasteiger partial charge on any atom is -0.311 e. The topological polar surface area (TPSA) is 18.0 Å². The van der Waals surface area contributed by atoms with Gasteiger partial charge in [0, 0.05) is 66.4 Å². The molecule has 0 aliphatic rings. The maximum atomic E-state index is 2.46. The van der Waals surface area contributed by atoms with Crippen molar-refractivity contribution in [3.05, 3.63) is 291 Å². The van der Waals surface area contributed by atoms with Crippen molar-refractivity contribution in [2.24, 2.45) is 0 Å². The summed E-state index contributed by atoms with van der Waals surface area (Å²) in [6.07, 6.45) is 0. The van der Waals surface area contributed by atoms with Crippen molar-refractivity contribution in [2.75, 3.05) is 4.90 Å².